The van der Waals surface area contributed by atoms with Gasteiger partial charge in [-0.3, -0.25) is 14.5 Å². The maximum Gasteiger partial charge on any atom is 0.337 e. The normalized spacial score (nSPS) is 16.8. The number of methoxy groups -OCH3 is 3. The summed E-state index contributed by atoms with van der Waals surface area (Å²) in [6, 6.07) is 17.3. The number of ketones is 1. The first-order valence-electron chi connectivity index (χ1n) is 12.3. The molecule has 1 aliphatic rings. The van der Waals surface area contributed by atoms with Gasteiger partial charge < -0.3 is 19.3 Å². The fourth-order valence-corrected chi connectivity index (χ4v) is 4.70. The molecule has 0 spiro atoms. The lowest BCUT2D eigenvalue weighted by Gasteiger charge is -2.26. The molecule has 0 aromatic heterocycles. The fraction of sp³-hybridized carbons (Fsp3) is 0.258. The number of amides is 1. The van der Waals surface area contributed by atoms with Crippen molar-refractivity contribution in [2.45, 2.75) is 32.2 Å². The molecule has 1 heterocycles. The minimum Gasteiger partial charge on any atom is -0.507 e. The summed E-state index contributed by atoms with van der Waals surface area (Å²) in [7, 11) is 4.37. The van der Waals surface area contributed by atoms with Crippen molar-refractivity contribution < 1.29 is 33.7 Å². The van der Waals surface area contributed by atoms with E-state index in [0.29, 0.717) is 33.9 Å². The van der Waals surface area contributed by atoms with Crippen LogP contribution in [-0.4, -0.2) is 44.1 Å². The number of aliphatic hydroxyl groups is 1. The highest BCUT2D eigenvalue weighted by Crippen LogP contribution is 2.43. The van der Waals surface area contributed by atoms with Crippen LogP contribution in [0.25, 0.3) is 5.76 Å². The largest absolute Gasteiger partial charge is 0.507 e. The lowest BCUT2D eigenvalue weighted by atomic mass is 9.84. The number of hydrogen-bond donors (Lipinski definition) is 1. The average molecular weight is 530 g/mol. The van der Waals surface area contributed by atoms with E-state index >= 15 is 0 Å². The Bertz CT molecular complexity index is 1460. The summed E-state index contributed by atoms with van der Waals surface area (Å²) in [4.78, 5) is 40.3. The predicted molar refractivity (Wildman–Crippen MR) is 147 cm³/mol. The summed E-state index contributed by atoms with van der Waals surface area (Å²) in [6.45, 7) is 6.05. The molecule has 1 amide bonds. The van der Waals surface area contributed by atoms with E-state index in [1.54, 1.807) is 61.7 Å². The molecule has 1 aliphatic heterocycles. The SMILES string of the molecule is COC(=O)c1ccc(N2C(=O)C(=O)/C(=C(\O)c3ccc(OC)c(C(C)(C)C)c3)C2c2cccc(OC)c2)cc1. The highest BCUT2D eigenvalue weighted by molar-refractivity contribution is 6.51. The second kappa shape index (κ2) is 10.6. The zero-order valence-corrected chi connectivity index (χ0v) is 22.8. The van der Waals surface area contributed by atoms with E-state index in [9.17, 15) is 19.5 Å². The topological polar surface area (TPSA) is 102 Å². The number of benzene rings is 3. The molecule has 1 fully saturated rings. The third-order valence-corrected chi connectivity index (χ3v) is 6.70. The van der Waals surface area contributed by atoms with Gasteiger partial charge in [-0.05, 0) is 65.6 Å². The third kappa shape index (κ3) is 5.10. The van der Waals surface area contributed by atoms with Crippen LogP contribution in [0, 0.1) is 0 Å². The summed E-state index contributed by atoms with van der Waals surface area (Å²) in [5.41, 5.74) is 2.08. The third-order valence-electron chi connectivity index (χ3n) is 6.70. The van der Waals surface area contributed by atoms with E-state index in [1.807, 2.05) is 20.8 Å². The number of nitrogens with zero attached hydrogens (tertiary/aromatic N) is 1. The van der Waals surface area contributed by atoms with Crippen molar-refractivity contribution in [1.29, 1.82) is 0 Å². The van der Waals surface area contributed by atoms with Crippen LogP contribution in [0.15, 0.2) is 72.3 Å². The molecule has 3 aromatic carbocycles. The van der Waals surface area contributed by atoms with Gasteiger partial charge in [0.05, 0.1) is 38.5 Å². The molecule has 1 saturated heterocycles. The number of anilines is 1. The van der Waals surface area contributed by atoms with Gasteiger partial charge in [0.25, 0.3) is 11.7 Å². The smallest absolute Gasteiger partial charge is 0.337 e. The van der Waals surface area contributed by atoms with Crippen molar-refractivity contribution in [2.75, 3.05) is 26.2 Å². The van der Waals surface area contributed by atoms with Crippen molar-refractivity contribution >= 4 is 29.1 Å². The van der Waals surface area contributed by atoms with Crippen LogP contribution in [0.5, 0.6) is 11.5 Å². The van der Waals surface area contributed by atoms with Gasteiger partial charge in [-0.25, -0.2) is 4.79 Å². The molecule has 202 valence electrons. The first-order valence-corrected chi connectivity index (χ1v) is 12.3. The Morgan fingerprint density at radius 1 is 0.872 bits per heavy atom. The first kappa shape index (κ1) is 27.4. The number of Topliss-reactive ketones (excluding diaryl/α,β-unsaturated/α-hetero) is 1. The predicted octanol–water partition coefficient (Wildman–Crippen LogP) is 5.41. The van der Waals surface area contributed by atoms with E-state index in [4.69, 9.17) is 14.2 Å². The van der Waals surface area contributed by atoms with Crippen molar-refractivity contribution in [2.24, 2.45) is 0 Å². The highest BCUT2D eigenvalue weighted by atomic mass is 16.5. The second-order valence-electron chi connectivity index (χ2n) is 10.1. The van der Waals surface area contributed by atoms with Crippen molar-refractivity contribution in [1.82, 2.24) is 0 Å². The molecule has 4 rings (SSSR count). The Morgan fingerprint density at radius 2 is 1.54 bits per heavy atom. The maximum absolute atomic E-state index is 13.5. The monoisotopic (exact) mass is 529 g/mol. The Labute approximate surface area is 227 Å². The van der Waals surface area contributed by atoms with Gasteiger partial charge in [0.1, 0.15) is 17.3 Å². The van der Waals surface area contributed by atoms with E-state index in [2.05, 4.69) is 0 Å². The van der Waals surface area contributed by atoms with Gasteiger partial charge in [-0.2, -0.15) is 0 Å². The van der Waals surface area contributed by atoms with E-state index in [1.165, 1.54) is 31.3 Å². The highest BCUT2D eigenvalue weighted by Gasteiger charge is 2.47. The Hall–Kier alpha value is -4.59. The van der Waals surface area contributed by atoms with Crippen LogP contribution in [0.2, 0.25) is 0 Å². The average Bonchev–Trinajstić information content (AvgIpc) is 3.21. The molecule has 39 heavy (non-hydrogen) atoms. The number of rotatable bonds is 6. The molecule has 3 aromatic rings. The Kier molecular flexibility index (Phi) is 7.49. The summed E-state index contributed by atoms with van der Waals surface area (Å²) in [5.74, 6) is -1.29. The van der Waals surface area contributed by atoms with Gasteiger partial charge in [0.15, 0.2) is 0 Å². The quantitative estimate of drug-likeness (QED) is 0.197. The summed E-state index contributed by atoms with van der Waals surface area (Å²) in [6.07, 6.45) is 0. The number of hydrogen-bond acceptors (Lipinski definition) is 7. The second-order valence-corrected chi connectivity index (χ2v) is 10.1. The molecule has 0 radical (unpaired) electrons. The van der Waals surface area contributed by atoms with E-state index in [0.717, 1.165) is 5.56 Å². The fourth-order valence-electron chi connectivity index (χ4n) is 4.70. The van der Waals surface area contributed by atoms with Gasteiger partial charge in [0.2, 0.25) is 0 Å². The number of aliphatic hydroxyl groups excluding tert-OH is 1. The van der Waals surface area contributed by atoms with Gasteiger partial charge in [-0.15, -0.1) is 0 Å². The molecule has 0 bridgehead atoms. The maximum atomic E-state index is 13.5. The number of ether oxygens (including phenoxy) is 3. The first-order chi connectivity index (χ1) is 18.5. The molecule has 0 aliphatic carbocycles. The molecular formula is C31H31NO7. The van der Waals surface area contributed by atoms with E-state index < -0.39 is 23.7 Å². The van der Waals surface area contributed by atoms with Crippen molar-refractivity contribution in [3.8, 4) is 11.5 Å². The van der Waals surface area contributed by atoms with Crippen molar-refractivity contribution in [3.05, 3.63) is 94.6 Å². The molecule has 0 saturated carbocycles. The number of carbonyl (C=O) groups excluding carboxylic acids is 3. The number of carbonyl (C=O) groups is 3. The molecule has 1 N–H and O–H groups in total. The van der Waals surface area contributed by atoms with Crippen LogP contribution in [0.4, 0.5) is 5.69 Å². The summed E-state index contributed by atoms with van der Waals surface area (Å²) in [5, 5.41) is 11.6. The zero-order valence-electron chi connectivity index (χ0n) is 22.8. The molecular weight excluding hydrogens is 498 g/mol. The minimum absolute atomic E-state index is 0.0599. The molecule has 8 nitrogen and oxygen atoms in total. The lowest BCUT2D eigenvalue weighted by molar-refractivity contribution is -0.132. The van der Waals surface area contributed by atoms with Crippen LogP contribution in [0.1, 0.15) is 53.9 Å². The Balaban J connectivity index is 1.94. The van der Waals surface area contributed by atoms with Crippen LogP contribution in [0.3, 0.4) is 0 Å². The molecule has 8 heteroatoms. The zero-order chi connectivity index (χ0) is 28.5. The van der Waals surface area contributed by atoms with E-state index in [-0.39, 0.29) is 16.7 Å². The van der Waals surface area contributed by atoms with Crippen LogP contribution >= 0.6 is 0 Å². The van der Waals surface area contributed by atoms with Gasteiger partial charge in [0, 0.05) is 16.8 Å². The lowest BCUT2D eigenvalue weighted by Crippen LogP contribution is -2.29. The Morgan fingerprint density at radius 3 is 2.13 bits per heavy atom. The molecule has 1 unspecified atom stereocenters. The summed E-state index contributed by atoms with van der Waals surface area (Å²) < 4.78 is 15.7. The number of esters is 1. The van der Waals surface area contributed by atoms with Gasteiger partial charge in [-0.1, -0.05) is 32.9 Å². The van der Waals surface area contributed by atoms with Gasteiger partial charge >= 0.3 is 5.97 Å². The van der Waals surface area contributed by atoms with Crippen LogP contribution in [-0.2, 0) is 19.7 Å². The molecule has 1 atom stereocenters. The van der Waals surface area contributed by atoms with Crippen LogP contribution < -0.4 is 14.4 Å². The minimum atomic E-state index is -0.954. The summed E-state index contributed by atoms with van der Waals surface area (Å²) >= 11 is 0. The van der Waals surface area contributed by atoms with Crippen molar-refractivity contribution in [3.63, 3.8) is 0 Å². The standard InChI is InChI=1S/C31H31NO7/c1-31(2,3)23-17-20(12-15-24(23)38-5)27(33)25-26(19-8-7-9-22(16-19)37-4)32(29(35)28(25)34)21-13-10-18(11-14-21)30(36)39-6/h7-17,26,33H,1-6H3/b27-25-.